The van der Waals surface area contributed by atoms with Crippen LogP contribution in [0, 0.1) is 0 Å². The van der Waals surface area contributed by atoms with Crippen molar-refractivity contribution in [3.8, 4) is 22.3 Å². The van der Waals surface area contributed by atoms with Crippen LogP contribution in [0.2, 0.25) is 0 Å². The second-order valence-electron chi connectivity index (χ2n) is 8.46. The number of fused-ring (bicyclic) bond motifs is 1. The minimum absolute atomic E-state index is 0.459. The highest BCUT2D eigenvalue weighted by atomic mass is 16.3. The number of H-pyrrole nitrogens is 1. The van der Waals surface area contributed by atoms with E-state index >= 15 is 0 Å². The SMILES string of the molecule is CC(O)c1ccc(-c2c[nH]c3ncc(-c4ccc(N5CCN(C)CC5)cc4)cc23)cc1. The Labute approximate surface area is 183 Å². The Hall–Kier alpha value is -3.15. The Morgan fingerprint density at radius 2 is 1.58 bits per heavy atom. The normalized spacial score (nSPS) is 16.0. The molecule has 3 heterocycles. The van der Waals surface area contributed by atoms with Crippen LogP contribution in [0.25, 0.3) is 33.3 Å². The number of pyridine rings is 1. The molecule has 1 aliphatic heterocycles. The summed E-state index contributed by atoms with van der Waals surface area (Å²) in [7, 11) is 2.18. The van der Waals surface area contributed by atoms with Crippen molar-refractivity contribution in [3.63, 3.8) is 0 Å². The lowest BCUT2D eigenvalue weighted by Crippen LogP contribution is -2.44. The second kappa shape index (κ2) is 8.17. The van der Waals surface area contributed by atoms with Crippen LogP contribution in [0.5, 0.6) is 0 Å². The van der Waals surface area contributed by atoms with Gasteiger partial charge in [0.15, 0.2) is 0 Å². The van der Waals surface area contributed by atoms with Crippen LogP contribution in [-0.2, 0) is 0 Å². The molecular weight excluding hydrogens is 384 g/mol. The van der Waals surface area contributed by atoms with Crippen molar-refractivity contribution < 1.29 is 5.11 Å². The molecule has 4 aromatic rings. The molecule has 5 heteroatoms. The minimum atomic E-state index is -0.459. The van der Waals surface area contributed by atoms with E-state index in [0.29, 0.717) is 0 Å². The first-order valence-corrected chi connectivity index (χ1v) is 10.9. The molecule has 1 atom stereocenters. The number of aromatic amines is 1. The van der Waals surface area contributed by atoms with E-state index in [9.17, 15) is 5.11 Å². The number of nitrogens with zero attached hydrogens (tertiary/aromatic N) is 3. The summed E-state index contributed by atoms with van der Waals surface area (Å²) >= 11 is 0. The van der Waals surface area contributed by atoms with Crippen molar-refractivity contribution in [1.29, 1.82) is 0 Å². The van der Waals surface area contributed by atoms with Crippen molar-refractivity contribution in [1.82, 2.24) is 14.9 Å². The number of hydrogen-bond donors (Lipinski definition) is 2. The number of benzene rings is 2. The van der Waals surface area contributed by atoms with Crippen LogP contribution in [0.3, 0.4) is 0 Å². The predicted molar refractivity (Wildman–Crippen MR) is 127 cm³/mol. The zero-order chi connectivity index (χ0) is 21.4. The lowest BCUT2D eigenvalue weighted by Gasteiger charge is -2.34. The first-order valence-electron chi connectivity index (χ1n) is 10.9. The Morgan fingerprint density at radius 1 is 0.903 bits per heavy atom. The van der Waals surface area contributed by atoms with Gasteiger partial charge in [-0.25, -0.2) is 4.98 Å². The number of aromatic nitrogens is 2. The van der Waals surface area contributed by atoms with Crippen LogP contribution in [0.15, 0.2) is 67.0 Å². The molecule has 0 amide bonds. The monoisotopic (exact) mass is 412 g/mol. The molecule has 158 valence electrons. The average Bonchev–Trinajstić information content (AvgIpc) is 3.23. The maximum atomic E-state index is 9.77. The van der Waals surface area contributed by atoms with E-state index in [1.807, 2.05) is 24.5 Å². The second-order valence-corrected chi connectivity index (χ2v) is 8.46. The summed E-state index contributed by atoms with van der Waals surface area (Å²) < 4.78 is 0. The van der Waals surface area contributed by atoms with Crippen molar-refractivity contribution in [2.45, 2.75) is 13.0 Å². The molecule has 1 aliphatic rings. The Bertz CT molecular complexity index is 1170. The fourth-order valence-corrected chi connectivity index (χ4v) is 4.27. The van der Waals surface area contributed by atoms with E-state index in [4.69, 9.17) is 0 Å². The number of likely N-dealkylation sites (N-methyl/N-ethyl adjacent to an activating group) is 1. The molecule has 5 nitrogen and oxygen atoms in total. The number of nitrogens with one attached hydrogen (secondary N) is 1. The predicted octanol–water partition coefficient (Wildman–Crippen LogP) is 4.70. The van der Waals surface area contributed by atoms with Gasteiger partial charge in [-0.05, 0) is 48.9 Å². The fourth-order valence-electron chi connectivity index (χ4n) is 4.27. The summed E-state index contributed by atoms with van der Waals surface area (Å²) in [5.41, 5.74) is 7.60. The van der Waals surface area contributed by atoms with Gasteiger partial charge in [-0.2, -0.15) is 0 Å². The largest absolute Gasteiger partial charge is 0.389 e. The number of anilines is 1. The Kier molecular flexibility index (Phi) is 5.22. The Balaban J connectivity index is 1.44. The maximum absolute atomic E-state index is 9.77. The number of aliphatic hydroxyl groups excluding tert-OH is 1. The summed E-state index contributed by atoms with van der Waals surface area (Å²) in [5.74, 6) is 0. The molecule has 2 aromatic heterocycles. The molecule has 0 spiro atoms. The number of hydrogen-bond acceptors (Lipinski definition) is 4. The third-order valence-electron chi connectivity index (χ3n) is 6.30. The van der Waals surface area contributed by atoms with Gasteiger partial charge in [0.25, 0.3) is 0 Å². The molecule has 1 fully saturated rings. The van der Waals surface area contributed by atoms with Gasteiger partial charge >= 0.3 is 0 Å². The van der Waals surface area contributed by atoms with E-state index in [2.05, 4.69) is 69.3 Å². The van der Waals surface area contributed by atoms with Crippen molar-refractivity contribution in [2.75, 3.05) is 38.1 Å². The lowest BCUT2D eigenvalue weighted by molar-refractivity contribution is 0.199. The molecule has 1 saturated heterocycles. The molecular formula is C26H28N4O. The van der Waals surface area contributed by atoms with Gasteiger partial charge in [-0.15, -0.1) is 0 Å². The molecule has 5 rings (SSSR count). The highest BCUT2D eigenvalue weighted by molar-refractivity contribution is 5.95. The third-order valence-corrected chi connectivity index (χ3v) is 6.30. The maximum Gasteiger partial charge on any atom is 0.137 e. The van der Waals surface area contributed by atoms with Gasteiger partial charge in [-0.1, -0.05) is 36.4 Å². The topological polar surface area (TPSA) is 55.4 Å². The van der Waals surface area contributed by atoms with Crippen LogP contribution in [0.1, 0.15) is 18.6 Å². The molecule has 0 bridgehead atoms. The van der Waals surface area contributed by atoms with E-state index in [-0.39, 0.29) is 0 Å². The smallest absolute Gasteiger partial charge is 0.137 e. The third kappa shape index (κ3) is 3.94. The average molecular weight is 413 g/mol. The summed E-state index contributed by atoms with van der Waals surface area (Å²) in [6.45, 7) is 6.15. The standard InChI is InChI=1S/C26H28N4O/c1-18(31)19-3-5-21(6-4-19)25-17-28-26-24(25)15-22(16-27-26)20-7-9-23(10-8-20)30-13-11-29(2)12-14-30/h3-10,15-18,31H,11-14H2,1-2H3,(H,27,28). The fraction of sp³-hybridized carbons (Fsp3) is 0.269. The van der Waals surface area contributed by atoms with E-state index in [1.165, 1.54) is 11.3 Å². The number of aliphatic hydroxyl groups is 1. The van der Waals surface area contributed by atoms with E-state index in [1.54, 1.807) is 6.92 Å². The number of piperazine rings is 1. The summed E-state index contributed by atoms with van der Waals surface area (Å²) in [6.07, 6.45) is 3.48. The minimum Gasteiger partial charge on any atom is -0.389 e. The zero-order valence-corrected chi connectivity index (χ0v) is 18.0. The van der Waals surface area contributed by atoms with Gasteiger partial charge in [0.05, 0.1) is 6.10 Å². The molecule has 31 heavy (non-hydrogen) atoms. The summed E-state index contributed by atoms with van der Waals surface area (Å²) in [6, 6.07) is 19.1. The first-order chi connectivity index (χ1) is 15.1. The van der Waals surface area contributed by atoms with Gasteiger partial charge in [-0.3, -0.25) is 0 Å². The zero-order valence-electron chi connectivity index (χ0n) is 18.0. The van der Waals surface area contributed by atoms with Crippen molar-refractivity contribution in [3.05, 3.63) is 72.6 Å². The molecule has 1 unspecified atom stereocenters. The lowest BCUT2D eigenvalue weighted by atomic mass is 10.0. The first kappa shape index (κ1) is 19.8. The van der Waals surface area contributed by atoms with Gasteiger partial charge in [0.1, 0.15) is 5.65 Å². The van der Waals surface area contributed by atoms with Gasteiger partial charge in [0.2, 0.25) is 0 Å². The van der Waals surface area contributed by atoms with E-state index in [0.717, 1.165) is 59.5 Å². The van der Waals surface area contributed by atoms with Crippen LogP contribution >= 0.6 is 0 Å². The van der Waals surface area contributed by atoms with Gasteiger partial charge in [0, 0.05) is 60.8 Å². The summed E-state index contributed by atoms with van der Waals surface area (Å²) in [5, 5.41) is 10.9. The number of rotatable bonds is 4. The molecule has 2 N–H and O–H groups in total. The molecule has 0 aliphatic carbocycles. The molecule has 0 radical (unpaired) electrons. The van der Waals surface area contributed by atoms with Crippen LogP contribution in [-0.4, -0.2) is 53.2 Å². The van der Waals surface area contributed by atoms with Crippen LogP contribution < -0.4 is 4.90 Å². The quantitative estimate of drug-likeness (QED) is 0.510. The van der Waals surface area contributed by atoms with Crippen LogP contribution in [0.4, 0.5) is 5.69 Å². The van der Waals surface area contributed by atoms with Crippen molar-refractivity contribution in [2.24, 2.45) is 0 Å². The molecule has 2 aromatic carbocycles. The highest BCUT2D eigenvalue weighted by Crippen LogP contribution is 2.32. The van der Waals surface area contributed by atoms with E-state index < -0.39 is 6.10 Å². The summed E-state index contributed by atoms with van der Waals surface area (Å²) in [4.78, 5) is 12.8. The van der Waals surface area contributed by atoms with Crippen molar-refractivity contribution >= 4 is 16.7 Å². The van der Waals surface area contributed by atoms with Gasteiger partial charge < -0.3 is 19.9 Å². The highest BCUT2D eigenvalue weighted by Gasteiger charge is 2.15. The Morgan fingerprint density at radius 3 is 2.26 bits per heavy atom. The molecule has 0 saturated carbocycles.